The Morgan fingerprint density at radius 3 is 2.44 bits per heavy atom. The van der Waals surface area contributed by atoms with E-state index in [0.29, 0.717) is 26.2 Å². The Bertz CT molecular complexity index is 770. The highest BCUT2D eigenvalue weighted by atomic mass is 16.5. The molecule has 0 spiro atoms. The van der Waals surface area contributed by atoms with E-state index in [9.17, 15) is 14.7 Å². The Morgan fingerprint density at radius 2 is 1.81 bits per heavy atom. The van der Waals surface area contributed by atoms with Crippen molar-refractivity contribution in [2.24, 2.45) is 5.92 Å². The highest BCUT2D eigenvalue weighted by molar-refractivity contribution is 5.90. The summed E-state index contributed by atoms with van der Waals surface area (Å²) in [6.45, 7) is 4.32. The van der Waals surface area contributed by atoms with Crippen molar-refractivity contribution < 1.29 is 24.6 Å². The van der Waals surface area contributed by atoms with Gasteiger partial charge in [-0.2, -0.15) is 0 Å². The van der Waals surface area contributed by atoms with E-state index in [1.54, 1.807) is 11.6 Å². The maximum atomic E-state index is 12.7. The minimum atomic E-state index is -0.948. The van der Waals surface area contributed by atoms with Crippen LogP contribution in [0.3, 0.4) is 0 Å². The van der Waals surface area contributed by atoms with Crippen molar-refractivity contribution in [3.05, 3.63) is 41.5 Å². The number of ether oxygens (including phenoxy) is 1. The highest BCUT2D eigenvalue weighted by Gasteiger charge is 2.45. The van der Waals surface area contributed by atoms with Crippen LogP contribution < -0.4 is 10.8 Å². The van der Waals surface area contributed by atoms with Crippen molar-refractivity contribution in [3.8, 4) is 0 Å². The first-order valence-corrected chi connectivity index (χ1v) is 11.5. The third-order valence-electron chi connectivity index (χ3n) is 6.73. The fraction of sp³-hybridized carbons (Fsp3) is 0.583. The monoisotopic (exact) mass is 445 g/mol. The topological polar surface area (TPSA) is 111 Å². The van der Waals surface area contributed by atoms with Crippen LogP contribution in [0.1, 0.15) is 49.7 Å². The lowest BCUT2D eigenvalue weighted by atomic mass is 9.72. The molecule has 1 atom stereocenters. The molecule has 1 saturated carbocycles. The van der Waals surface area contributed by atoms with Crippen LogP contribution in [-0.2, 0) is 20.9 Å². The number of hydrogen-bond acceptors (Lipinski definition) is 6. The van der Waals surface area contributed by atoms with Crippen molar-refractivity contribution in [2.75, 3.05) is 32.8 Å². The Morgan fingerprint density at radius 1 is 1.12 bits per heavy atom. The zero-order valence-corrected chi connectivity index (χ0v) is 18.6. The minimum absolute atomic E-state index is 0.119. The van der Waals surface area contributed by atoms with Gasteiger partial charge >= 0.3 is 5.97 Å². The summed E-state index contributed by atoms with van der Waals surface area (Å²) in [4.78, 5) is 26.1. The van der Waals surface area contributed by atoms with E-state index in [1.807, 2.05) is 24.3 Å². The minimum Gasteiger partial charge on any atom is -0.480 e. The van der Waals surface area contributed by atoms with Crippen molar-refractivity contribution in [1.82, 2.24) is 15.7 Å². The molecule has 1 saturated heterocycles. The highest BCUT2D eigenvalue weighted by Crippen LogP contribution is 2.36. The molecule has 2 aliphatic rings. The molecular formula is C24H35N3O5. The molecule has 1 heterocycles. The van der Waals surface area contributed by atoms with Crippen LogP contribution in [0, 0.1) is 5.92 Å². The van der Waals surface area contributed by atoms with Crippen LogP contribution in [0.15, 0.2) is 30.3 Å². The normalized spacial score (nSPS) is 20.2. The smallest absolute Gasteiger partial charge is 0.324 e. The second kappa shape index (κ2) is 12.1. The summed E-state index contributed by atoms with van der Waals surface area (Å²) in [7, 11) is 0. The largest absolute Gasteiger partial charge is 0.480 e. The molecule has 2 fully saturated rings. The number of carboxylic acids is 1. The molecule has 1 amide bonds. The summed E-state index contributed by atoms with van der Waals surface area (Å²) >= 11 is 0. The summed E-state index contributed by atoms with van der Waals surface area (Å²) in [5, 5.41) is 22.4. The lowest BCUT2D eigenvalue weighted by Crippen LogP contribution is -2.59. The number of hydrogen-bond donors (Lipinski definition) is 4. The van der Waals surface area contributed by atoms with Crippen LogP contribution >= 0.6 is 0 Å². The van der Waals surface area contributed by atoms with Crippen LogP contribution in [0.4, 0.5) is 0 Å². The predicted molar refractivity (Wildman–Crippen MR) is 121 cm³/mol. The summed E-state index contributed by atoms with van der Waals surface area (Å²) in [6, 6.07) is 7.60. The van der Waals surface area contributed by atoms with Gasteiger partial charge in [0.25, 0.3) is 5.91 Å². The summed E-state index contributed by atoms with van der Waals surface area (Å²) in [5.41, 5.74) is 2.42. The molecule has 0 radical (unpaired) electrons. The van der Waals surface area contributed by atoms with Gasteiger partial charge in [-0.3, -0.25) is 25.0 Å². The van der Waals surface area contributed by atoms with Gasteiger partial charge in [0.1, 0.15) is 5.54 Å². The van der Waals surface area contributed by atoms with E-state index >= 15 is 0 Å². The third kappa shape index (κ3) is 6.62. The number of amides is 1. The molecule has 1 aliphatic carbocycles. The Kier molecular flexibility index (Phi) is 9.23. The second-order valence-electron chi connectivity index (χ2n) is 8.72. The second-order valence-corrected chi connectivity index (χ2v) is 8.72. The standard InChI is InChI=1S/C24H35N3O5/c28-22(26-31)11-10-19-6-8-20(9-7-19)18-25-24(23(29)30,21-4-2-1-3-5-21)12-13-27-14-16-32-17-15-27/h6-11,21,25,31H,1-5,12-18H2,(H,26,28)(H,29,30)/t24-/m0/s1. The van der Waals surface area contributed by atoms with E-state index in [0.717, 1.165) is 56.4 Å². The number of hydroxylamine groups is 1. The van der Waals surface area contributed by atoms with Gasteiger partial charge in [-0.25, -0.2) is 5.48 Å². The van der Waals surface area contributed by atoms with Crippen LogP contribution in [-0.4, -0.2) is 65.5 Å². The van der Waals surface area contributed by atoms with E-state index in [1.165, 1.54) is 12.5 Å². The van der Waals surface area contributed by atoms with Crippen LogP contribution in [0.25, 0.3) is 6.08 Å². The van der Waals surface area contributed by atoms with Gasteiger partial charge in [0, 0.05) is 32.3 Å². The number of carboxylic acid groups (broad SMARTS) is 1. The molecule has 1 aromatic carbocycles. The van der Waals surface area contributed by atoms with E-state index in [4.69, 9.17) is 9.94 Å². The Labute approximate surface area is 189 Å². The van der Waals surface area contributed by atoms with E-state index < -0.39 is 17.4 Å². The molecule has 8 nitrogen and oxygen atoms in total. The molecule has 176 valence electrons. The number of nitrogens with zero attached hydrogens (tertiary/aromatic N) is 1. The average Bonchev–Trinajstić information content (AvgIpc) is 2.84. The summed E-state index contributed by atoms with van der Waals surface area (Å²) in [6.07, 6.45) is 8.66. The molecular weight excluding hydrogens is 410 g/mol. The number of benzene rings is 1. The van der Waals surface area contributed by atoms with Crippen molar-refractivity contribution >= 4 is 18.0 Å². The zero-order chi connectivity index (χ0) is 22.8. The first-order valence-electron chi connectivity index (χ1n) is 11.5. The average molecular weight is 446 g/mol. The van der Waals surface area contributed by atoms with E-state index in [2.05, 4.69) is 10.2 Å². The maximum absolute atomic E-state index is 12.7. The SMILES string of the molecule is O=C(C=Cc1ccc(CN[C@](CCN2CCOCC2)(C(=O)O)C2CCCCC2)cc1)NO. The van der Waals surface area contributed by atoms with Gasteiger partial charge in [0.15, 0.2) is 0 Å². The summed E-state index contributed by atoms with van der Waals surface area (Å²) < 4.78 is 5.43. The lowest BCUT2D eigenvalue weighted by Gasteiger charge is -2.41. The number of morpholine rings is 1. The van der Waals surface area contributed by atoms with Crippen LogP contribution in [0.2, 0.25) is 0 Å². The van der Waals surface area contributed by atoms with Crippen LogP contribution in [0.5, 0.6) is 0 Å². The molecule has 8 heteroatoms. The predicted octanol–water partition coefficient (Wildman–Crippen LogP) is 2.42. The maximum Gasteiger partial charge on any atom is 0.324 e. The van der Waals surface area contributed by atoms with Crippen molar-refractivity contribution in [3.63, 3.8) is 0 Å². The fourth-order valence-electron chi connectivity index (χ4n) is 4.76. The van der Waals surface area contributed by atoms with Gasteiger partial charge in [0.05, 0.1) is 13.2 Å². The van der Waals surface area contributed by atoms with Gasteiger partial charge in [-0.1, -0.05) is 43.5 Å². The van der Waals surface area contributed by atoms with Gasteiger partial charge in [-0.15, -0.1) is 0 Å². The number of carbonyl (C=O) groups is 2. The molecule has 32 heavy (non-hydrogen) atoms. The first kappa shape index (κ1) is 24.4. The first-order chi connectivity index (χ1) is 15.5. The number of carbonyl (C=O) groups excluding carboxylic acids is 1. The quantitative estimate of drug-likeness (QED) is 0.249. The van der Waals surface area contributed by atoms with Crippen molar-refractivity contribution in [2.45, 2.75) is 50.6 Å². The molecule has 0 aromatic heterocycles. The molecule has 4 N–H and O–H groups in total. The Balaban J connectivity index is 1.70. The van der Waals surface area contributed by atoms with Crippen molar-refractivity contribution in [1.29, 1.82) is 0 Å². The third-order valence-corrected chi connectivity index (χ3v) is 6.73. The Hall–Kier alpha value is -2.26. The van der Waals surface area contributed by atoms with E-state index in [-0.39, 0.29) is 5.92 Å². The molecule has 1 aromatic rings. The van der Waals surface area contributed by atoms with Gasteiger partial charge < -0.3 is 9.84 Å². The fourth-order valence-corrected chi connectivity index (χ4v) is 4.76. The number of rotatable bonds is 10. The molecule has 0 unspecified atom stereocenters. The summed E-state index contributed by atoms with van der Waals surface area (Å²) in [5.74, 6) is -1.23. The molecule has 3 rings (SSSR count). The molecule has 0 bridgehead atoms. The number of aliphatic carboxylic acids is 1. The zero-order valence-electron chi connectivity index (χ0n) is 18.6. The number of nitrogens with one attached hydrogen (secondary N) is 2. The van der Waals surface area contributed by atoms with Gasteiger partial charge in [-0.05, 0) is 42.4 Å². The van der Waals surface area contributed by atoms with Gasteiger partial charge in [0.2, 0.25) is 0 Å². The molecule has 1 aliphatic heterocycles. The lowest BCUT2D eigenvalue weighted by molar-refractivity contribution is -0.149.